The van der Waals surface area contributed by atoms with Crippen LogP contribution < -0.4 is 21.3 Å². The van der Waals surface area contributed by atoms with E-state index in [0.717, 1.165) is 34.8 Å². The van der Waals surface area contributed by atoms with E-state index in [0.29, 0.717) is 0 Å². The lowest BCUT2D eigenvalue weighted by Gasteiger charge is -2.52. The van der Waals surface area contributed by atoms with Gasteiger partial charge in [-0.2, -0.15) is 0 Å². The summed E-state index contributed by atoms with van der Waals surface area (Å²) in [5, 5.41) is 370. The van der Waals surface area contributed by atoms with Crippen molar-refractivity contribution >= 4 is 35.6 Å². The smallest absolute Gasteiger partial charge is 0.364 e. The Hall–Kier alpha value is -5.26. The lowest BCUT2D eigenvalue weighted by molar-refractivity contribution is -0.404. The molecule has 838 valence electrons. The zero-order valence-corrected chi connectivity index (χ0v) is 78.3. The van der Waals surface area contributed by atoms with Crippen molar-refractivity contribution in [1.29, 1.82) is 0 Å². The first-order valence-electron chi connectivity index (χ1n) is 46.0. The van der Waals surface area contributed by atoms with Gasteiger partial charge < -0.3 is 289 Å². The van der Waals surface area contributed by atoms with Crippen LogP contribution in [-0.2, 0) is 133 Å². The summed E-state index contributed by atoms with van der Waals surface area (Å²) in [4.78, 5) is 79.1. The maximum atomic E-state index is 13.7. The number of carboxylic acids is 2. The zero-order chi connectivity index (χ0) is 107. The zero-order valence-electron chi connectivity index (χ0n) is 78.3. The Bertz CT molecular complexity index is 4120. The highest BCUT2D eigenvalue weighted by atomic mass is 16.8. The topological polar surface area (TPSA) is 1000 Å². The Morgan fingerprint density at radius 3 is 0.938 bits per heavy atom. The lowest BCUT2D eigenvalue weighted by Crippen LogP contribution is -2.72. The maximum absolute atomic E-state index is 13.7. The van der Waals surface area contributed by atoms with Gasteiger partial charge in [-0.3, -0.25) is 19.2 Å². The first-order valence-corrected chi connectivity index (χ1v) is 46.0. The molecule has 11 saturated heterocycles. The number of nitrogens with one attached hydrogen (secondary N) is 4. The van der Waals surface area contributed by atoms with E-state index in [-0.39, 0.29) is 0 Å². The van der Waals surface area contributed by atoms with Crippen molar-refractivity contribution in [2.24, 2.45) is 0 Å². The van der Waals surface area contributed by atoms with E-state index >= 15 is 0 Å². The average Bonchev–Trinajstić information content (AvgIpc) is 0.749. The number of aliphatic hydroxyl groups excluding tert-OH is 30. The molecule has 0 aromatic rings. The maximum Gasteiger partial charge on any atom is 0.364 e. The molecule has 0 aliphatic carbocycles. The minimum Gasteiger partial charge on any atom is -0.477 e. The van der Waals surface area contributed by atoms with E-state index in [4.69, 9.17) is 104 Å². The molecule has 4 amide bonds. The van der Waals surface area contributed by atoms with Crippen molar-refractivity contribution in [2.75, 3.05) is 66.6 Å². The van der Waals surface area contributed by atoms with E-state index in [1.165, 1.54) is 13.8 Å². The molecule has 0 saturated carbocycles. The van der Waals surface area contributed by atoms with Gasteiger partial charge in [0.15, 0.2) is 56.6 Å². The summed E-state index contributed by atoms with van der Waals surface area (Å²) >= 11 is 0. The molecule has 57 atom stereocenters. The van der Waals surface area contributed by atoms with Crippen LogP contribution in [0.4, 0.5) is 0 Å². The summed E-state index contributed by atoms with van der Waals surface area (Å²) in [5.41, 5.74) is 0. The Morgan fingerprint density at radius 1 is 0.303 bits per heavy atom. The van der Waals surface area contributed by atoms with E-state index in [2.05, 4.69) is 21.3 Å². The van der Waals surface area contributed by atoms with Crippen LogP contribution in [0.2, 0.25) is 0 Å². The molecule has 11 aliphatic heterocycles. The molecule has 0 aromatic heterocycles. The van der Waals surface area contributed by atoms with E-state index in [1.807, 2.05) is 0 Å². The largest absolute Gasteiger partial charge is 0.477 e. The van der Waals surface area contributed by atoms with Gasteiger partial charge in [0.1, 0.15) is 244 Å². The number of aliphatic hydroxyl groups is 30. The molecule has 57 unspecified atom stereocenters. The fourth-order valence-corrected chi connectivity index (χ4v) is 18.9. The molecule has 64 nitrogen and oxygen atoms in total. The second-order valence-electron chi connectivity index (χ2n) is 36.8. The number of hydrogen-bond acceptors (Lipinski definition) is 58. The van der Waals surface area contributed by atoms with Crippen LogP contribution in [0.15, 0.2) is 0 Å². The highest BCUT2D eigenvalue weighted by molar-refractivity contribution is 5.78. The van der Waals surface area contributed by atoms with Gasteiger partial charge in [0.25, 0.3) is 11.6 Å². The van der Waals surface area contributed by atoms with Gasteiger partial charge in [-0.05, 0) is 13.8 Å². The Morgan fingerprint density at radius 2 is 0.593 bits per heavy atom. The SMILES string of the molecule is COC1OC(COC2OC(CO)C(O)C(O)C2OC2OC(CO)C(OC3OC(CO)C(O)C(OC4(C(=O)O)CC(O)C(NC(C)=O)C(C(O)C(O)CO)O4)C3O)C(OC3OC(C)C(O)C(O)C3O)C2NC(C)=O)C(O)C(OC2OC(CO)C(O)C(O)C2OC2OC(CO)C(OC3OC(CO)C(O)C(OC4(C(=O)O)CC(O)C(NC(C)=O)C(C(O)C(O)CO)O4)C3O)C(OC3OC(C)C(O)C(O)C3O)C2NC(C)=O)C1O. The molecule has 0 bridgehead atoms. The molecule has 0 radical (unpaired) electrons. The molecule has 11 aliphatic rings. The van der Waals surface area contributed by atoms with Crippen LogP contribution in [0.1, 0.15) is 54.4 Å². The van der Waals surface area contributed by atoms with E-state index < -0.39 is 457 Å². The average molecular weight is 2120 g/mol. The first kappa shape index (κ1) is 120. The first-order chi connectivity index (χ1) is 68.3. The predicted molar refractivity (Wildman–Crippen MR) is 445 cm³/mol. The number of rotatable bonds is 40. The summed E-state index contributed by atoms with van der Waals surface area (Å²) in [7, 11) is 0.930. The van der Waals surface area contributed by atoms with Gasteiger partial charge >= 0.3 is 11.9 Å². The molecule has 145 heavy (non-hydrogen) atoms. The highest BCUT2D eigenvalue weighted by Crippen LogP contribution is 2.46. The second-order valence-corrected chi connectivity index (χ2v) is 36.8. The van der Waals surface area contributed by atoms with Crippen molar-refractivity contribution in [3.8, 4) is 0 Å². The Labute approximate surface area is 820 Å². The molecule has 11 heterocycles. The van der Waals surface area contributed by atoms with Crippen LogP contribution in [0.5, 0.6) is 0 Å². The molecule has 0 aromatic carbocycles. The molecule has 0 spiro atoms. The summed E-state index contributed by atoms with van der Waals surface area (Å²) < 4.78 is 132. The van der Waals surface area contributed by atoms with Crippen molar-refractivity contribution in [3.05, 3.63) is 0 Å². The van der Waals surface area contributed by atoms with Crippen molar-refractivity contribution < 1.29 is 296 Å². The standard InChI is InChI=1S/C81H134N4O60/c1-19-40(102)49(111)53(115)72(126-19)137-62-38(84-23(5)96)69(132-33(16-92)58(62)135-74-56(118)65(46(108)31(14-90)128-74)144-80(78(120)121)8-25(98)36(82-21(3)94)60(142-80)42(104)27(100)10-86)140-67-51(113)44(106)29(12-88)130-76(67)125-18-35-48(110)64(55(117)71(124-7)134-35)139-77-68(52(114)45(107)30(13-89)131-77)141-70-39(85-24(6)97)63(138-73-54(116)50(112)41(103)20(2)127-73)59(34(17-93)133-70)136-75-57(119)66(47(109)32(15-91)129-75)145-81(79(122)123)9-26(99)37(83-22(4)95)61(143-81)43(105)28(101)11-87/h19-20,25-77,86-93,98-119H,8-18H2,1-7H3,(H,82,94)(H,83,95)(H,84,96)(H,85,97)(H,120,121)(H,122,123). The fourth-order valence-electron chi connectivity index (χ4n) is 18.9. The molecule has 11 fully saturated rings. The van der Waals surface area contributed by atoms with Crippen molar-refractivity contribution in [3.63, 3.8) is 0 Å². The predicted octanol–water partition coefficient (Wildman–Crippen LogP) is -23.3. The number of amides is 4. The molecule has 11 rings (SSSR count). The molecule has 64 heteroatoms. The summed E-state index contributed by atoms with van der Waals surface area (Å²) in [6.07, 6.45) is -117. The van der Waals surface area contributed by atoms with Gasteiger partial charge in [0.05, 0.1) is 96.0 Å². The normalized spacial score (nSPS) is 47.8. The van der Waals surface area contributed by atoms with Crippen molar-refractivity contribution in [2.45, 2.75) is 403 Å². The lowest BCUT2D eigenvalue weighted by atomic mass is 9.88. The summed E-state index contributed by atoms with van der Waals surface area (Å²) in [5.74, 6) is -15.2. The number of carbonyl (C=O) groups is 6. The van der Waals surface area contributed by atoms with Crippen LogP contribution in [-0.4, -0.2) is 614 Å². The third kappa shape index (κ3) is 26.0. The minimum absolute atomic E-state index is 0.853. The molecular weight excluding hydrogens is 1990 g/mol. The van der Waals surface area contributed by atoms with Crippen molar-refractivity contribution in [1.82, 2.24) is 21.3 Å². The Balaban J connectivity index is 0.889. The number of hydrogen-bond donors (Lipinski definition) is 36. The minimum atomic E-state index is -3.38. The third-order valence-corrected chi connectivity index (χ3v) is 26.7. The van der Waals surface area contributed by atoms with Gasteiger partial charge in [-0.1, -0.05) is 0 Å². The van der Waals surface area contributed by atoms with Crippen LogP contribution >= 0.6 is 0 Å². The van der Waals surface area contributed by atoms with E-state index in [9.17, 15) is 192 Å². The molecule has 36 N–H and O–H groups in total. The number of carboxylic acid groups (broad SMARTS) is 2. The van der Waals surface area contributed by atoms with Gasteiger partial charge in [-0.15, -0.1) is 0 Å². The number of methoxy groups -OCH3 is 1. The number of ether oxygens (including phenoxy) is 22. The third-order valence-electron chi connectivity index (χ3n) is 26.7. The van der Waals surface area contributed by atoms with Crippen LogP contribution in [0.3, 0.4) is 0 Å². The number of carbonyl (C=O) groups excluding carboxylic acids is 4. The highest BCUT2D eigenvalue weighted by Gasteiger charge is 2.67. The van der Waals surface area contributed by atoms with E-state index in [1.54, 1.807) is 0 Å². The fraction of sp³-hybridized carbons (Fsp3) is 0.926. The van der Waals surface area contributed by atoms with Gasteiger partial charge in [0.2, 0.25) is 23.6 Å². The van der Waals surface area contributed by atoms with Crippen LogP contribution in [0, 0.1) is 0 Å². The molecular formula is C81H134N4O60. The number of aliphatic carboxylic acids is 2. The quantitative estimate of drug-likeness (QED) is 0.0271. The summed E-state index contributed by atoms with van der Waals surface area (Å²) in [6, 6.07) is -7.94. The van der Waals surface area contributed by atoms with Gasteiger partial charge in [0, 0.05) is 47.6 Å². The van der Waals surface area contributed by atoms with Gasteiger partial charge in [-0.25, -0.2) is 9.59 Å². The monoisotopic (exact) mass is 2120 g/mol. The van der Waals surface area contributed by atoms with Crippen LogP contribution in [0.25, 0.3) is 0 Å². The summed E-state index contributed by atoms with van der Waals surface area (Å²) in [6.45, 7) is -5.40. The Kier molecular flexibility index (Phi) is 42.4. The second kappa shape index (κ2) is 51.2.